The van der Waals surface area contributed by atoms with E-state index in [2.05, 4.69) is 31.6 Å². The summed E-state index contributed by atoms with van der Waals surface area (Å²) in [5.41, 5.74) is 1.24. The van der Waals surface area contributed by atoms with Gasteiger partial charge in [-0.25, -0.2) is 9.59 Å². The number of ether oxygens (including phenoxy) is 2. The summed E-state index contributed by atoms with van der Waals surface area (Å²) in [5.74, 6) is -2.22. The number of nitrogens with one attached hydrogen (secondary N) is 4. The minimum atomic E-state index is -1.14. The molecule has 2 bridgehead atoms. The van der Waals surface area contributed by atoms with Gasteiger partial charge in [-0.2, -0.15) is 0 Å². The van der Waals surface area contributed by atoms with E-state index in [-0.39, 0.29) is 44.1 Å². The van der Waals surface area contributed by atoms with E-state index in [1.165, 1.54) is 7.11 Å². The maximum absolute atomic E-state index is 13.6. The van der Waals surface area contributed by atoms with Gasteiger partial charge in [-0.1, -0.05) is 49.4 Å². The van der Waals surface area contributed by atoms with Crippen molar-refractivity contribution in [2.24, 2.45) is 5.92 Å². The number of aryl methyl sites for hydroxylation is 1. The smallest absolute Gasteiger partial charge is 0.408 e. The topological polar surface area (TPSA) is 183 Å². The highest BCUT2D eigenvalue weighted by molar-refractivity contribution is 5.93. The number of fused-ring (bicyclic) bond motifs is 2. The number of aromatic nitrogens is 3. The summed E-state index contributed by atoms with van der Waals surface area (Å²) in [6, 6.07) is 5.82. The van der Waals surface area contributed by atoms with E-state index in [0.717, 1.165) is 24.8 Å². The zero-order valence-corrected chi connectivity index (χ0v) is 25.5. The molecule has 0 fully saturated rings. The summed E-state index contributed by atoms with van der Waals surface area (Å²) >= 11 is 0. The Morgan fingerprint density at radius 3 is 2.57 bits per heavy atom. The lowest BCUT2D eigenvalue weighted by Crippen LogP contribution is -2.56. The van der Waals surface area contributed by atoms with Crippen LogP contribution in [0.1, 0.15) is 63.6 Å². The molecule has 1 aromatic carbocycles. The number of carbonyl (C=O) groups excluding carboxylic acids is 5. The lowest BCUT2D eigenvalue weighted by atomic mass is 10.0. The van der Waals surface area contributed by atoms with Gasteiger partial charge >= 0.3 is 12.1 Å². The van der Waals surface area contributed by atoms with Crippen molar-refractivity contribution in [2.45, 2.75) is 90.1 Å². The second-order valence-corrected chi connectivity index (χ2v) is 11.2. The minimum Gasteiger partial charge on any atom is -0.467 e. The van der Waals surface area contributed by atoms with Gasteiger partial charge in [-0.15, -0.1) is 5.10 Å². The fourth-order valence-corrected chi connectivity index (χ4v) is 4.67. The van der Waals surface area contributed by atoms with Crippen LogP contribution in [0.3, 0.4) is 0 Å². The van der Waals surface area contributed by atoms with Gasteiger partial charge in [-0.3, -0.25) is 19.1 Å². The number of nitrogens with zero attached hydrogens (tertiary/aromatic N) is 3. The van der Waals surface area contributed by atoms with Crippen LogP contribution in [-0.4, -0.2) is 76.6 Å². The minimum absolute atomic E-state index is 0.0000730. The van der Waals surface area contributed by atoms with Crippen LogP contribution in [0.15, 0.2) is 36.5 Å². The number of esters is 1. The molecule has 1 aliphatic heterocycles. The number of rotatable bonds is 6. The highest BCUT2D eigenvalue weighted by atomic mass is 16.5. The number of hydrogen-bond donors (Lipinski definition) is 4. The summed E-state index contributed by atoms with van der Waals surface area (Å²) in [4.78, 5) is 64.6. The molecule has 2 aromatic rings. The third-order valence-corrected chi connectivity index (χ3v) is 7.01. The fourth-order valence-electron chi connectivity index (χ4n) is 4.67. The van der Waals surface area contributed by atoms with Crippen LogP contribution in [-0.2, 0) is 48.2 Å². The second kappa shape index (κ2) is 17.6. The number of amides is 4. The molecule has 3 atom stereocenters. The number of methoxy groups -OCH3 is 1. The van der Waals surface area contributed by atoms with Crippen LogP contribution < -0.4 is 21.3 Å². The van der Waals surface area contributed by atoms with Gasteiger partial charge in [0.2, 0.25) is 17.7 Å². The highest BCUT2D eigenvalue weighted by Crippen LogP contribution is 2.10. The van der Waals surface area contributed by atoms with E-state index in [1.807, 2.05) is 44.2 Å². The molecule has 0 saturated carbocycles. The molecule has 4 amide bonds. The first-order chi connectivity index (χ1) is 21.1. The SMILES string of the molecule is COC(=O)[C@@H]1CCC(=O)NCCCCCn2cc(nn2)C[C@H](NC(=O)OCc2ccccc2)C(=O)N[C@@H](CC(C)C)C(=O)N1. The van der Waals surface area contributed by atoms with Gasteiger partial charge in [0.05, 0.1) is 12.8 Å². The van der Waals surface area contributed by atoms with Gasteiger partial charge in [0.25, 0.3) is 0 Å². The molecule has 14 nitrogen and oxygen atoms in total. The number of alkyl carbamates (subject to hydrolysis) is 1. The summed E-state index contributed by atoms with van der Waals surface area (Å²) in [5, 5.41) is 19.1. The van der Waals surface area contributed by atoms with Crippen LogP contribution in [0.5, 0.6) is 0 Å². The normalized spacial score (nSPS) is 20.9. The first-order valence-corrected chi connectivity index (χ1v) is 15.0. The number of hydrogen-bond acceptors (Lipinski definition) is 9. The average molecular weight is 614 g/mol. The Bertz CT molecular complexity index is 1250. The van der Waals surface area contributed by atoms with E-state index >= 15 is 0 Å². The first-order valence-electron chi connectivity index (χ1n) is 15.0. The third-order valence-electron chi connectivity index (χ3n) is 7.01. The van der Waals surface area contributed by atoms with Crippen LogP contribution in [0.4, 0.5) is 4.79 Å². The zero-order chi connectivity index (χ0) is 31.9. The van der Waals surface area contributed by atoms with E-state index < -0.39 is 42.0 Å². The summed E-state index contributed by atoms with van der Waals surface area (Å²) in [7, 11) is 1.20. The van der Waals surface area contributed by atoms with Gasteiger partial charge < -0.3 is 30.7 Å². The first kappa shape index (κ1) is 34.0. The number of benzene rings is 1. The van der Waals surface area contributed by atoms with Crippen molar-refractivity contribution in [2.75, 3.05) is 13.7 Å². The van der Waals surface area contributed by atoms with Crippen molar-refractivity contribution in [3.05, 3.63) is 47.8 Å². The molecule has 1 aliphatic rings. The molecular formula is C30H43N7O7. The van der Waals surface area contributed by atoms with E-state index in [4.69, 9.17) is 9.47 Å². The molecule has 0 unspecified atom stereocenters. The molecule has 0 saturated heterocycles. The lowest BCUT2D eigenvalue weighted by Gasteiger charge is -2.25. The molecule has 4 N–H and O–H groups in total. The molecule has 0 spiro atoms. The van der Waals surface area contributed by atoms with Gasteiger partial charge in [0, 0.05) is 32.1 Å². The quantitative estimate of drug-likeness (QED) is 0.350. The van der Waals surface area contributed by atoms with E-state index in [1.54, 1.807) is 10.9 Å². The highest BCUT2D eigenvalue weighted by Gasteiger charge is 2.31. The largest absolute Gasteiger partial charge is 0.467 e. The standard InChI is InChI=1S/C30H43N7O7/c1-20(2)16-24-27(39)32-23(29(41)43-3)12-13-26(38)31-14-8-5-9-15-37-18-22(35-36-37)17-25(28(40)33-24)34-30(42)44-19-21-10-6-4-7-11-21/h4,6-7,10-11,18,20,23-25H,5,8-9,12-17,19H2,1-3H3,(H,31,38)(H,32,39)(H,33,40)(H,34,42)/t23-,24-,25-/m0/s1. The molecule has 14 heteroatoms. The summed E-state index contributed by atoms with van der Waals surface area (Å²) in [6.07, 6.45) is 3.52. The van der Waals surface area contributed by atoms with Crippen molar-refractivity contribution in [1.82, 2.24) is 36.3 Å². The fraction of sp³-hybridized carbons (Fsp3) is 0.567. The van der Waals surface area contributed by atoms with Crippen molar-refractivity contribution in [3.63, 3.8) is 0 Å². The predicted molar refractivity (Wildman–Crippen MR) is 159 cm³/mol. The van der Waals surface area contributed by atoms with Crippen LogP contribution in [0.25, 0.3) is 0 Å². The van der Waals surface area contributed by atoms with Gasteiger partial charge in [-0.05, 0) is 43.6 Å². The van der Waals surface area contributed by atoms with Crippen molar-refractivity contribution < 1.29 is 33.4 Å². The van der Waals surface area contributed by atoms with Crippen LogP contribution in [0, 0.1) is 5.92 Å². The molecule has 1 aromatic heterocycles. The van der Waals surface area contributed by atoms with Gasteiger partial charge in [0.1, 0.15) is 24.7 Å². The maximum atomic E-state index is 13.6. The molecule has 0 radical (unpaired) electrons. The van der Waals surface area contributed by atoms with Gasteiger partial charge in [0.15, 0.2) is 0 Å². The predicted octanol–water partition coefficient (Wildman–Crippen LogP) is 1.38. The summed E-state index contributed by atoms with van der Waals surface area (Å²) in [6.45, 7) is 4.83. The Morgan fingerprint density at radius 2 is 1.84 bits per heavy atom. The molecule has 2 heterocycles. The van der Waals surface area contributed by atoms with Crippen molar-refractivity contribution in [1.29, 1.82) is 0 Å². The maximum Gasteiger partial charge on any atom is 0.408 e. The van der Waals surface area contributed by atoms with E-state index in [0.29, 0.717) is 18.8 Å². The Morgan fingerprint density at radius 1 is 1.07 bits per heavy atom. The summed E-state index contributed by atoms with van der Waals surface area (Å²) < 4.78 is 11.9. The van der Waals surface area contributed by atoms with Crippen molar-refractivity contribution >= 4 is 29.8 Å². The monoisotopic (exact) mass is 613 g/mol. The molecule has 0 aliphatic carbocycles. The Hall–Kier alpha value is -4.49. The molecular weight excluding hydrogens is 570 g/mol. The zero-order valence-electron chi connectivity index (χ0n) is 25.5. The third kappa shape index (κ3) is 11.7. The Balaban J connectivity index is 1.83. The van der Waals surface area contributed by atoms with E-state index in [9.17, 15) is 24.0 Å². The molecule has 240 valence electrons. The van der Waals surface area contributed by atoms with Crippen molar-refractivity contribution in [3.8, 4) is 0 Å². The average Bonchev–Trinajstić information content (AvgIpc) is 3.45. The molecule has 44 heavy (non-hydrogen) atoms. The van der Waals surface area contributed by atoms with Crippen LogP contribution in [0.2, 0.25) is 0 Å². The second-order valence-electron chi connectivity index (χ2n) is 11.2. The Labute approximate surface area is 257 Å². The lowest BCUT2D eigenvalue weighted by molar-refractivity contribution is -0.145. The Kier molecular flexibility index (Phi) is 13.6. The molecule has 3 rings (SSSR count). The number of carbonyl (C=O) groups is 5. The van der Waals surface area contributed by atoms with Crippen LogP contribution >= 0.6 is 0 Å².